The van der Waals surface area contributed by atoms with Crippen LogP contribution < -0.4 is 5.56 Å². The van der Waals surface area contributed by atoms with E-state index in [9.17, 15) is 9.59 Å². The number of benzene rings is 2. The molecule has 0 bridgehead atoms. The topological polar surface area (TPSA) is 97.7 Å². The van der Waals surface area contributed by atoms with Crippen LogP contribution >= 0.6 is 0 Å². The number of aromatic nitrogens is 3. The Bertz CT molecular complexity index is 1780. The number of carbonyl (C=O) groups is 1. The van der Waals surface area contributed by atoms with Crippen molar-refractivity contribution in [3.63, 3.8) is 0 Å². The van der Waals surface area contributed by atoms with Gasteiger partial charge in [-0.25, -0.2) is 9.78 Å². The van der Waals surface area contributed by atoms with Crippen LogP contribution in [-0.2, 0) is 34.4 Å². The lowest BCUT2D eigenvalue weighted by molar-refractivity contribution is -0.0601. The van der Waals surface area contributed by atoms with Crippen LogP contribution in [0.5, 0.6) is 0 Å². The zero-order valence-electron chi connectivity index (χ0n) is 24.6. The van der Waals surface area contributed by atoms with Gasteiger partial charge in [-0.3, -0.25) is 4.79 Å². The number of nitrogens with zero attached hydrogens (tertiary/aromatic N) is 3. The molecule has 1 saturated carbocycles. The van der Waals surface area contributed by atoms with E-state index in [1.54, 1.807) is 20.2 Å². The molecule has 0 aliphatic heterocycles. The van der Waals surface area contributed by atoms with E-state index in [4.69, 9.17) is 18.7 Å². The van der Waals surface area contributed by atoms with Crippen LogP contribution in [0.3, 0.4) is 0 Å². The van der Waals surface area contributed by atoms with Crippen LogP contribution in [0, 0.1) is 12.8 Å². The molecule has 1 aliphatic carbocycles. The third-order valence-corrected chi connectivity index (χ3v) is 8.11. The lowest BCUT2D eigenvalue weighted by Crippen LogP contribution is -2.34. The molecule has 0 amide bonds. The van der Waals surface area contributed by atoms with Crippen molar-refractivity contribution >= 4 is 16.9 Å². The molecule has 0 saturated heterocycles. The van der Waals surface area contributed by atoms with Crippen LogP contribution in [0.2, 0.25) is 0 Å². The van der Waals surface area contributed by atoms with Crippen LogP contribution in [0.1, 0.15) is 34.7 Å². The van der Waals surface area contributed by atoms with Gasteiger partial charge >= 0.3 is 5.97 Å². The van der Waals surface area contributed by atoms with Crippen LogP contribution in [-0.4, -0.2) is 46.7 Å². The molecule has 1 aliphatic rings. The van der Waals surface area contributed by atoms with Gasteiger partial charge in [-0.1, -0.05) is 54.6 Å². The van der Waals surface area contributed by atoms with Crippen molar-refractivity contribution in [2.45, 2.75) is 39.0 Å². The lowest BCUT2D eigenvalue weighted by Gasteiger charge is -2.35. The van der Waals surface area contributed by atoms with Gasteiger partial charge < -0.3 is 23.3 Å². The second-order valence-corrected chi connectivity index (χ2v) is 11.0. The number of esters is 1. The molecule has 0 radical (unpaired) electrons. The Kier molecular flexibility index (Phi) is 8.26. The molecule has 0 unspecified atom stereocenters. The minimum absolute atomic E-state index is 0.175. The number of fused-ring (bicyclic) bond motifs is 1. The van der Waals surface area contributed by atoms with E-state index in [0.29, 0.717) is 42.5 Å². The van der Waals surface area contributed by atoms with E-state index in [0.717, 1.165) is 41.7 Å². The smallest absolute Gasteiger partial charge is 0.358 e. The summed E-state index contributed by atoms with van der Waals surface area (Å²) >= 11 is 0. The minimum atomic E-state index is -0.489. The number of aryl methyl sites for hydroxylation is 2. The first kappa shape index (κ1) is 28.6. The summed E-state index contributed by atoms with van der Waals surface area (Å²) in [5, 5.41) is 0.883. The molecule has 9 nitrogen and oxygen atoms in total. The fourth-order valence-electron chi connectivity index (χ4n) is 5.84. The third-order valence-electron chi connectivity index (χ3n) is 8.11. The second kappa shape index (κ2) is 12.4. The van der Waals surface area contributed by atoms with Crippen LogP contribution in [0.4, 0.5) is 0 Å². The van der Waals surface area contributed by atoms with Gasteiger partial charge in [0.05, 0.1) is 44.1 Å². The molecule has 3 aromatic heterocycles. The molecule has 9 heteroatoms. The van der Waals surface area contributed by atoms with E-state index in [-0.39, 0.29) is 17.4 Å². The summed E-state index contributed by atoms with van der Waals surface area (Å²) in [7, 11) is 2.96. The number of methoxy groups -OCH3 is 1. The van der Waals surface area contributed by atoms with Gasteiger partial charge in [0.2, 0.25) is 0 Å². The van der Waals surface area contributed by atoms with Gasteiger partial charge in [0.1, 0.15) is 5.76 Å². The number of rotatable bonds is 11. The number of ether oxygens (including phenoxy) is 3. The molecule has 3 heterocycles. The van der Waals surface area contributed by atoms with Crippen molar-refractivity contribution in [3.05, 3.63) is 100 Å². The third kappa shape index (κ3) is 5.91. The van der Waals surface area contributed by atoms with E-state index in [2.05, 4.69) is 21.7 Å². The Hall–Kier alpha value is -4.47. The van der Waals surface area contributed by atoms with Gasteiger partial charge in [-0.05, 0) is 54.5 Å². The Morgan fingerprint density at radius 3 is 2.49 bits per heavy atom. The summed E-state index contributed by atoms with van der Waals surface area (Å²) in [6.07, 6.45) is 3.75. The molecule has 1 fully saturated rings. The standard InChI is InChI=1S/C34H35N3O6/c1-22-30(33(38)36(2)43-22)26-11-9-25(10-12-26)29-19-27-13-14-35-31(34(39)40-3)32(27)37(29)15-16-42-28-17-24(18-28)21-41-20-23-7-5-4-6-8-23/h4-14,19,24,28H,15-18,20-21H2,1-3H3. The predicted molar refractivity (Wildman–Crippen MR) is 163 cm³/mol. The Balaban J connectivity index is 1.17. The fourth-order valence-corrected chi connectivity index (χ4v) is 5.84. The maximum Gasteiger partial charge on any atom is 0.358 e. The molecule has 0 spiro atoms. The van der Waals surface area contributed by atoms with Crippen molar-refractivity contribution in [1.82, 2.24) is 14.3 Å². The summed E-state index contributed by atoms with van der Waals surface area (Å²) in [4.78, 5) is 29.6. The lowest BCUT2D eigenvalue weighted by atomic mass is 9.83. The van der Waals surface area contributed by atoms with E-state index < -0.39 is 5.97 Å². The summed E-state index contributed by atoms with van der Waals surface area (Å²) in [5.74, 6) is 0.582. The molecule has 2 aromatic carbocycles. The first-order valence-corrected chi connectivity index (χ1v) is 14.5. The minimum Gasteiger partial charge on any atom is -0.464 e. The quantitative estimate of drug-likeness (QED) is 0.183. The van der Waals surface area contributed by atoms with Gasteiger partial charge in [-0.15, -0.1) is 0 Å². The van der Waals surface area contributed by atoms with Crippen molar-refractivity contribution in [2.75, 3.05) is 20.3 Å². The Morgan fingerprint density at radius 1 is 1.05 bits per heavy atom. The molecular weight excluding hydrogens is 546 g/mol. The maximum absolute atomic E-state index is 12.7. The fraction of sp³-hybridized carbons (Fsp3) is 0.324. The molecule has 0 N–H and O–H groups in total. The monoisotopic (exact) mass is 581 g/mol. The van der Waals surface area contributed by atoms with Gasteiger partial charge in [0.25, 0.3) is 5.56 Å². The summed E-state index contributed by atoms with van der Waals surface area (Å²) < 4.78 is 26.0. The highest BCUT2D eigenvalue weighted by Crippen LogP contribution is 2.33. The van der Waals surface area contributed by atoms with E-state index in [1.807, 2.05) is 54.6 Å². The number of hydrogen-bond donors (Lipinski definition) is 0. The first-order valence-electron chi connectivity index (χ1n) is 14.5. The Labute approximate surface area is 249 Å². The highest BCUT2D eigenvalue weighted by Gasteiger charge is 2.30. The highest BCUT2D eigenvalue weighted by molar-refractivity contribution is 6.03. The van der Waals surface area contributed by atoms with Crippen molar-refractivity contribution in [1.29, 1.82) is 0 Å². The normalized spacial score (nSPS) is 16.3. The number of hydrogen-bond acceptors (Lipinski definition) is 7. The van der Waals surface area contributed by atoms with Crippen LogP contribution in [0.25, 0.3) is 33.3 Å². The predicted octanol–water partition coefficient (Wildman–Crippen LogP) is 5.77. The van der Waals surface area contributed by atoms with Gasteiger partial charge in [0, 0.05) is 30.9 Å². The zero-order valence-corrected chi connectivity index (χ0v) is 24.6. The van der Waals surface area contributed by atoms with Crippen molar-refractivity contribution in [3.8, 4) is 22.4 Å². The largest absolute Gasteiger partial charge is 0.464 e. The van der Waals surface area contributed by atoms with E-state index in [1.165, 1.54) is 17.4 Å². The summed E-state index contributed by atoms with van der Waals surface area (Å²) in [6, 6.07) is 21.9. The molecule has 6 rings (SSSR count). The second-order valence-electron chi connectivity index (χ2n) is 11.0. The van der Waals surface area contributed by atoms with Crippen molar-refractivity contribution in [2.24, 2.45) is 13.0 Å². The average molecular weight is 582 g/mol. The average Bonchev–Trinajstić information content (AvgIpc) is 3.50. The van der Waals surface area contributed by atoms with Crippen molar-refractivity contribution < 1.29 is 23.5 Å². The molecule has 43 heavy (non-hydrogen) atoms. The maximum atomic E-state index is 12.7. The summed E-state index contributed by atoms with van der Waals surface area (Å²) in [5.41, 5.74) is 5.16. The van der Waals surface area contributed by atoms with Gasteiger partial charge in [-0.2, -0.15) is 4.74 Å². The SMILES string of the molecule is COC(=O)c1nccc2cc(-c3ccc(-c4c(C)on(C)c4=O)cc3)n(CCOC3CC(COCc4ccccc4)C3)c12. The number of carbonyl (C=O) groups excluding carboxylic acids is 1. The summed E-state index contributed by atoms with van der Waals surface area (Å²) in [6.45, 7) is 4.16. The highest BCUT2D eigenvalue weighted by atomic mass is 16.5. The first-order chi connectivity index (χ1) is 20.9. The van der Waals surface area contributed by atoms with Gasteiger partial charge in [0.15, 0.2) is 5.69 Å². The molecular formula is C34H35N3O6. The molecule has 222 valence electrons. The molecule has 0 atom stereocenters. The number of pyridine rings is 1. The zero-order chi connectivity index (χ0) is 29.9. The van der Waals surface area contributed by atoms with E-state index >= 15 is 0 Å². The Morgan fingerprint density at radius 2 is 1.79 bits per heavy atom. The van der Waals surface area contributed by atoms with Crippen LogP contribution in [0.15, 0.2) is 82.2 Å². The molecule has 5 aromatic rings.